The fraction of sp³-hybridized carbons (Fsp3) is 0.478. The van der Waals surface area contributed by atoms with E-state index in [1.165, 1.54) is 31.4 Å². The fourth-order valence-electron chi connectivity index (χ4n) is 4.67. The van der Waals surface area contributed by atoms with Crippen molar-refractivity contribution in [2.75, 3.05) is 4.90 Å². The quantitative estimate of drug-likeness (QED) is 0.630. The number of carbonyl (C=O) groups excluding carboxylic acids is 1. The zero-order valence-electron chi connectivity index (χ0n) is 15.7. The van der Waals surface area contributed by atoms with E-state index in [9.17, 15) is 19.1 Å². The van der Waals surface area contributed by atoms with Crippen LogP contribution >= 0.6 is 11.3 Å². The molecule has 1 saturated carbocycles. The van der Waals surface area contributed by atoms with Gasteiger partial charge in [0.25, 0.3) is 0 Å². The van der Waals surface area contributed by atoms with Crippen molar-refractivity contribution < 1.29 is 19.1 Å². The van der Waals surface area contributed by atoms with E-state index < -0.39 is 5.97 Å². The van der Waals surface area contributed by atoms with Gasteiger partial charge in [-0.1, -0.05) is 38.8 Å². The number of amides is 1. The molecule has 6 heteroatoms. The summed E-state index contributed by atoms with van der Waals surface area (Å²) in [6, 6.07) is 7.97. The van der Waals surface area contributed by atoms with Gasteiger partial charge < -0.3 is 10.0 Å². The van der Waals surface area contributed by atoms with E-state index in [1.807, 2.05) is 0 Å². The predicted molar refractivity (Wildman–Crippen MR) is 115 cm³/mol. The average molecular weight is 418 g/mol. The van der Waals surface area contributed by atoms with Crippen LogP contribution in [0, 0.1) is 11.7 Å². The second-order valence-electron chi connectivity index (χ2n) is 7.76. The van der Waals surface area contributed by atoms with Crippen LogP contribution in [0.4, 0.5) is 10.1 Å². The molecule has 2 aliphatic rings. The third-order valence-corrected chi connectivity index (χ3v) is 7.12. The molecule has 2 fully saturated rings. The number of carboxylic acids is 1. The van der Waals surface area contributed by atoms with Crippen molar-refractivity contribution in [2.24, 2.45) is 5.92 Å². The lowest BCUT2D eigenvalue weighted by molar-refractivity contribution is -0.120. The molecule has 0 radical (unpaired) electrons. The minimum absolute atomic E-state index is 0. The predicted octanol–water partition coefficient (Wildman–Crippen LogP) is 6.35. The zero-order chi connectivity index (χ0) is 19.7. The molecule has 1 aromatic carbocycles. The summed E-state index contributed by atoms with van der Waals surface area (Å²) in [5, 5.41) is 9.79. The molecule has 4 nitrogen and oxygen atoms in total. The van der Waals surface area contributed by atoms with Crippen molar-refractivity contribution in [3.63, 3.8) is 0 Å². The van der Waals surface area contributed by atoms with Crippen LogP contribution in [0.3, 0.4) is 0 Å². The Morgan fingerprint density at radius 1 is 1.10 bits per heavy atom. The number of benzene rings is 1. The van der Waals surface area contributed by atoms with Crippen LogP contribution in [-0.4, -0.2) is 23.0 Å². The normalized spacial score (nSPS) is 20.4. The van der Waals surface area contributed by atoms with Gasteiger partial charge >= 0.3 is 5.97 Å². The highest BCUT2D eigenvalue weighted by molar-refractivity contribution is 7.18. The number of hydrogen-bond donors (Lipinski definition) is 1. The number of piperidine rings is 1. The maximum atomic E-state index is 13.7. The minimum atomic E-state index is -1.04. The number of aromatic carboxylic acids is 1. The SMILES string of the molecule is C.O=C(O)c1sc(-c2cccc(F)c2)cc1N1C(=O)CCCC1C1CCCCC1. The Bertz CT molecular complexity index is 888. The summed E-state index contributed by atoms with van der Waals surface area (Å²) in [5.74, 6) is -0.966. The summed E-state index contributed by atoms with van der Waals surface area (Å²) in [6.45, 7) is 0. The molecule has 1 saturated heterocycles. The van der Waals surface area contributed by atoms with Crippen LogP contribution in [0.5, 0.6) is 0 Å². The molecule has 1 amide bonds. The van der Waals surface area contributed by atoms with Crippen LogP contribution in [0.1, 0.15) is 68.5 Å². The standard InChI is InChI=1S/C22H24FNO3S.CH4/c23-16-9-4-8-15(12-16)19-13-18(21(28-19)22(26)27)24-17(10-5-11-20(24)25)14-6-2-1-3-7-14;/h4,8-9,12-14,17H,1-3,5-7,10-11H2,(H,26,27);1H4. The molecule has 1 N–H and O–H groups in total. The number of carbonyl (C=O) groups is 2. The first kappa shape index (κ1) is 21.5. The highest BCUT2D eigenvalue weighted by Gasteiger charge is 2.38. The zero-order valence-corrected chi connectivity index (χ0v) is 16.5. The molecule has 1 aromatic heterocycles. The Labute approximate surface area is 175 Å². The first-order valence-electron chi connectivity index (χ1n) is 9.99. The van der Waals surface area contributed by atoms with Crippen molar-refractivity contribution in [1.82, 2.24) is 0 Å². The Morgan fingerprint density at radius 2 is 1.86 bits per heavy atom. The smallest absolute Gasteiger partial charge is 0.348 e. The van der Waals surface area contributed by atoms with Crippen molar-refractivity contribution in [2.45, 2.75) is 64.8 Å². The highest BCUT2D eigenvalue weighted by atomic mass is 32.1. The molecule has 2 heterocycles. The number of nitrogens with zero attached hydrogens (tertiary/aromatic N) is 1. The monoisotopic (exact) mass is 417 g/mol. The average Bonchev–Trinajstić information content (AvgIpc) is 3.14. The van der Waals surface area contributed by atoms with Crippen molar-refractivity contribution >= 4 is 28.9 Å². The lowest BCUT2D eigenvalue weighted by Gasteiger charge is -2.41. The summed E-state index contributed by atoms with van der Waals surface area (Å²) in [6.07, 6.45) is 8.00. The summed E-state index contributed by atoms with van der Waals surface area (Å²) in [5.41, 5.74) is 1.12. The summed E-state index contributed by atoms with van der Waals surface area (Å²) in [7, 11) is 0. The molecule has 156 valence electrons. The van der Waals surface area contributed by atoms with Gasteiger partial charge in [-0.2, -0.15) is 0 Å². The molecule has 1 aliphatic heterocycles. The van der Waals surface area contributed by atoms with E-state index in [1.54, 1.807) is 23.1 Å². The van der Waals surface area contributed by atoms with Gasteiger partial charge in [-0.3, -0.25) is 4.79 Å². The van der Waals surface area contributed by atoms with Gasteiger partial charge in [0.05, 0.1) is 5.69 Å². The number of anilines is 1. The van der Waals surface area contributed by atoms with Gasteiger partial charge in [0, 0.05) is 17.3 Å². The number of rotatable bonds is 4. The third-order valence-electron chi connectivity index (χ3n) is 5.96. The van der Waals surface area contributed by atoms with E-state index in [-0.39, 0.29) is 30.1 Å². The third kappa shape index (κ3) is 4.37. The Morgan fingerprint density at radius 3 is 2.55 bits per heavy atom. The van der Waals surface area contributed by atoms with Gasteiger partial charge in [0.2, 0.25) is 5.91 Å². The van der Waals surface area contributed by atoms with Gasteiger partial charge in [0.1, 0.15) is 10.7 Å². The lowest BCUT2D eigenvalue weighted by Crippen LogP contribution is -2.48. The maximum absolute atomic E-state index is 13.7. The highest BCUT2D eigenvalue weighted by Crippen LogP contribution is 2.42. The Balaban J connectivity index is 0.00000240. The Kier molecular flexibility index (Phi) is 6.73. The molecule has 2 aromatic rings. The molecular formula is C23H28FNO3S. The molecule has 0 bridgehead atoms. The second-order valence-corrected chi connectivity index (χ2v) is 8.81. The maximum Gasteiger partial charge on any atom is 0.348 e. The Hall–Kier alpha value is -2.21. The minimum Gasteiger partial charge on any atom is -0.477 e. The van der Waals surface area contributed by atoms with Crippen LogP contribution in [0.2, 0.25) is 0 Å². The molecule has 0 spiro atoms. The number of hydrogen-bond acceptors (Lipinski definition) is 3. The van der Waals surface area contributed by atoms with Gasteiger partial charge in [-0.25, -0.2) is 9.18 Å². The van der Waals surface area contributed by atoms with E-state index in [0.717, 1.165) is 37.0 Å². The van der Waals surface area contributed by atoms with Crippen LogP contribution in [-0.2, 0) is 4.79 Å². The summed E-state index contributed by atoms with van der Waals surface area (Å²) >= 11 is 1.11. The van der Waals surface area contributed by atoms with Crippen LogP contribution in [0.25, 0.3) is 10.4 Å². The molecule has 29 heavy (non-hydrogen) atoms. The van der Waals surface area contributed by atoms with E-state index in [4.69, 9.17) is 0 Å². The number of halogens is 1. The van der Waals surface area contributed by atoms with Crippen LogP contribution in [0.15, 0.2) is 30.3 Å². The van der Waals surface area contributed by atoms with E-state index in [2.05, 4.69) is 0 Å². The molecular weight excluding hydrogens is 389 g/mol. The first-order valence-corrected chi connectivity index (χ1v) is 10.8. The first-order chi connectivity index (χ1) is 13.5. The van der Waals surface area contributed by atoms with Crippen molar-refractivity contribution in [3.8, 4) is 10.4 Å². The van der Waals surface area contributed by atoms with Gasteiger partial charge in [-0.05, 0) is 55.4 Å². The lowest BCUT2D eigenvalue weighted by atomic mass is 9.79. The number of thiophene rings is 1. The molecule has 1 atom stereocenters. The molecule has 4 rings (SSSR count). The summed E-state index contributed by atoms with van der Waals surface area (Å²) < 4.78 is 13.7. The van der Waals surface area contributed by atoms with Gasteiger partial charge in [0.15, 0.2) is 0 Å². The molecule has 1 aliphatic carbocycles. The van der Waals surface area contributed by atoms with Crippen LogP contribution < -0.4 is 4.90 Å². The number of carboxylic acid groups (broad SMARTS) is 1. The van der Waals surface area contributed by atoms with Crippen molar-refractivity contribution in [3.05, 3.63) is 41.0 Å². The second kappa shape index (κ2) is 9.08. The topological polar surface area (TPSA) is 57.6 Å². The fourth-order valence-corrected chi connectivity index (χ4v) is 5.66. The van der Waals surface area contributed by atoms with E-state index >= 15 is 0 Å². The van der Waals surface area contributed by atoms with E-state index in [0.29, 0.717) is 28.5 Å². The largest absolute Gasteiger partial charge is 0.477 e. The summed E-state index contributed by atoms with van der Waals surface area (Å²) in [4.78, 5) is 27.5. The van der Waals surface area contributed by atoms with Gasteiger partial charge in [-0.15, -0.1) is 11.3 Å². The van der Waals surface area contributed by atoms with Crippen molar-refractivity contribution in [1.29, 1.82) is 0 Å². The molecule has 1 unspecified atom stereocenters.